The zero-order chi connectivity index (χ0) is 13.1. The van der Waals surface area contributed by atoms with Crippen LogP contribution in [-0.4, -0.2) is 10.9 Å². The van der Waals surface area contributed by atoms with Crippen LogP contribution >= 0.6 is 23.7 Å². The standard InChI is InChI=1S/C12H15N3O2S.ClH/c1-3-10-7(2)18-12(14-10)15-11(16)8-4-9(5-13)17-6-8;/h4,6H,3,5,13H2,1-2H3,(H,14,15,16);1H. The molecule has 5 nitrogen and oxygen atoms in total. The van der Waals surface area contributed by atoms with Gasteiger partial charge in [0.05, 0.1) is 17.8 Å². The lowest BCUT2D eigenvalue weighted by Gasteiger charge is -1.97. The van der Waals surface area contributed by atoms with Crippen LogP contribution in [0.2, 0.25) is 0 Å². The van der Waals surface area contributed by atoms with Gasteiger partial charge >= 0.3 is 0 Å². The maximum atomic E-state index is 11.9. The second-order valence-corrected chi connectivity index (χ2v) is 5.04. The molecule has 0 aromatic carbocycles. The molecule has 19 heavy (non-hydrogen) atoms. The molecule has 0 fully saturated rings. The van der Waals surface area contributed by atoms with E-state index in [1.165, 1.54) is 17.6 Å². The van der Waals surface area contributed by atoms with Gasteiger partial charge in [-0.2, -0.15) is 0 Å². The van der Waals surface area contributed by atoms with Gasteiger partial charge in [-0.15, -0.1) is 23.7 Å². The number of amides is 1. The molecule has 2 aromatic rings. The topological polar surface area (TPSA) is 81.2 Å². The van der Waals surface area contributed by atoms with Crippen LogP contribution in [-0.2, 0) is 13.0 Å². The van der Waals surface area contributed by atoms with E-state index in [0.29, 0.717) is 16.5 Å². The van der Waals surface area contributed by atoms with Crippen molar-refractivity contribution in [1.82, 2.24) is 4.98 Å². The van der Waals surface area contributed by atoms with Gasteiger partial charge < -0.3 is 10.2 Å². The van der Waals surface area contributed by atoms with E-state index < -0.39 is 0 Å². The van der Waals surface area contributed by atoms with E-state index in [9.17, 15) is 4.79 Å². The van der Waals surface area contributed by atoms with Crippen molar-refractivity contribution in [2.24, 2.45) is 5.73 Å². The highest BCUT2D eigenvalue weighted by atomic mass is 35.5. The summed E-state index contributed by atoms with van der Waals surface area (Å²) in [6.45, 7) is 4.32. The smallest absolute Gasteiger partial charge is 0.260 e. The normalized spacial score (nSPS) is 10.1. The van der Waals surface area contributed by atoms with E-state index in [0.717, 1.165) is 17.0 Å². The third-order valence-electron chi connectivity index (χ3n) is 2.57. The highest BCUT2D eigenvalue weighted by molar-refractivity contribution is 7.15. The second-order valence-electron chi connectivity index (χ2n) is 3.84. The molecule has 0 saturated carbocycles. The van der Waals surface area contributed by atoms with Crippen LogP contribution in [0.1, 0.15) is 33.6 Å². The maximum absolute atomic E-state index is 11.9. The van der Waals surface area contributed by atoms with Gasteiger partial charge in [0.15, 0.2) is 5.13 Å². The molecule has 0 saturated heterocycles. The fourth-order valence-corrected chi connectivity index (χ4v) is 2.48. The predicted molar refractivity (Wildman–Crippen MR) is 78.0 cm³/mol. The van der Waals surface area contributed by atoms with Crippen LogP contribution in [0.4, 0.5) is 5.13 Å². The van der Waals surface area contributed by atoms with Gasteiger partial charge in [-0.25, -0.2) is 4.98 Å². The Morgan fingerprint density at radius 3 is 2.84 bits per heavy atom. The predicted octanol–water partition coefficient (Wildman–Crippen LogP) is 2.74. The molecule has 0 aliphatic rings. The number of hydrogen-bond donors (Lipinski definition) is 2. The lowest BCUT2D eigenvalue weighted by Crippen LogP contribution is -2.10. The Balaban J connectivity index is 0.00000180. The number of nitrogens with one attached hydrogen (secondary N) is 1. The first kappa shape index (κ1) is 15.7. The number of carbonyl (C=O) groups excluding carboxylic acids is 1. The summed E-state index contributed by atoms with van der Waals surface area (Å²) in [7, 11) is 0. The van der Waals surface area contributed by atoms with Crippen LogP contribution in [0.5, 0.6) is 0 Å². The van der Waals surface area contributed by atoms with Crippen molar-refractivity contribution in [3.05, 3.63) is 34.2 Å². The quantitative estimate of drug-likeness (QED) is 0.910. The number of nitrogens with two attached hydrogens (primary N) is 1. The number of rotatable bonds is 4. The van der Waals surface area contributed by atoms with Crippen molar-refractivity contribution >= 4 is 34.8 Å². The Bertz CT molecular complexity index is 565. The molecular formula is C12H16ClN3O2S. The van der Waals surface area contributed by atoms with E-state index in [-0.39, 0.29) is 24.9 Å². The van der Waals surface area contributed by atoms with Crippen molar-refractivity contribution in [1.29, 1.82) is 0 Å². The fraction of sp³-hybridized carbons (Fsp3) is 0.333. The Kier molecular flexibility index (Phi) is 5.53. The summed E-state index contributed by atoms with van der Waals surface area (Å²) in [4.78, 5) is 17.4. The Hall–Kier alpha value is -1.37. The van der Waals surface area contributed by atoms with Gasteiger partial charge in [-0.05, 0) is 19.4 Å². The summed E-state index contributed by atoms with van der Waals surface area (Å²) in [6, 6.07) is 1.64. The van der Waals surface area contributed by atoms with Gasteiger partial charge in [-0.1, -0.05) is 6.92 Å². The molecule has 2 aromatic heterocycles. The summed E-state index contributed by atoms with van der Waals surface area (Å²) in [5.41, 5.74) is 6.90. The van der Waals surface area contributed by atoms with Crippen molar-refractivity contribution in [3.8, 4) is 0 Å². The SMILES string of the molecule is CCc1nc(NC(=O)c2coc(CN)c2)sc1C.Cl. The number of aryl methyl sites for hydroxylation is 2. The zero-order valence-corrected chi connectivity index (χ0v) is 12.4. The largest absolute Gasteiger partial charge is 0.467 e. The van der Waals surface area contributed by atoms with Gasteiger partial charge in [0.1, 0.15) is 12.0 Å². The average Bonchev–Trinajstić information content (AvgIpc) is 2.95. The molecule has 1 amide bonds. The monoisotopic (exact) mass is 301 g/mol. The Morgan fingerprint density at radius 1 is 1.58 bits per heavy atom. The summed E-state index contributed by atoms with van der Waals surface area (Å²) < 4.78 is 5.12. The summed E-state index contributed by atoms with van der Waals surface area (Å²) in [5.74, 6) is 0.361. The number of hydrogen-bond acceptors (Lipinski definition) is 5. The molecule has 2 rings (SSSR count). The second kappa shape index (κ2) is 6.70. The summed E-state index contributed by atoms with van der Waals surface area (Å²) >= 11 is 1.48. The first-order chi connectivity index (χ1) is 8.63. The minimum absolute atomic E-state index is 0. The van der Waals surface area contributed by atoms with E-state index in [2.05, 4.69) is 10.3 Å². The first-order valence-electron chi connectivity index (χ1n) is 5.69. The van der Waals surface area contributed by atoms with Crippen molar-refractivity contribution in [3.63, 3.8) is 0 Å². The molecular weight excluding hydrogens is 286 g/mol. The molecule has 0 radical (unpaired) electrons. The number of thiazole rings is 1. The number of anilines is 1. The molecule has 0 bridgehead atoms. The third kappa shape index (κ3) is 3.56. The van der Waals surface area contributed by atoms with E-state index in [4.69, 9.17) is 10.2 Å². The van der Waals surface area contributed by atoms with E-state index >= 15 is 0 Å². The van der Waals surface area contributed by atoms with Crippen LogP contribution in [0, 0.1) is 6.92 Å². The zero-order valence-electron chi connectivity index (χ0n) is 10.7. The molecule has 0 spiro atoms. The van der Waals surface area contributed by atoms with Crippen LogP contribution in [0.3, 0.4) is 0 Å². The third-order valence-corrected chi connectivity index (χ3v) is 3.49. The van der Waals surface area contributed by atoms with Gasteiger partial charge in [0.2, 0.25) is 0 Å². The summed E-state index contributed by atoms with van der Waals surface area (Å²) in [5, 5.41) is 3.37. The van der Waals surface area contributed by atoms with Crippen LogP contribution in [0.25, 0.3) is 0 Å². The number of halogens is 1. The summed E-state index contributed by atoms with van der Waals surface area (Å²) in [6.07, 6.45) is 2.26. The minimum Gasteiger partial charge on any atom is -0.467 e. The highest BCUT2D eigenvalue weighted by Crippen LogP contribution is 2.23. The number of aromatic nitrogens is 1. The Morgan fingerprint density at radius 2 is 2.32 bits per heavy atom. The van der Waals surface area contributed by atoms with Crippen molar-refractivity contribution in [2.75, 3.05) is 5.32 Å². The van der Waals surface area contributed by atoms with Crippen LogP contribution < -0.4 is 11.1 Å². The lowest BCUT2D eigenvalue weighted by atomic mass is 10.3. The average molecular weight is 302 g/mol. The highest BCUT2D eigenvalue weighted by Gasteiger charge is 2.13. The molecule has 0 atom stereocenters. The van der Waals surface area contributed by atoms with E-state index in [1.54, 1.807) is 6.07 Å². The molecule has 3 N–H and O–H groups in total. The number of furan rings is 1. The first-order valence-corrected chi connectivity index (χ1v) is 6.50. The minimum atomic E-state index is -0.227. The molecule has 0 aliphatic carbocycles. The number of nitrogens with zero attached hydrogens (tertiary/aromatic N) is 1. The molecule has 104 valence electrons. The molecule has 0 aliphatic heterocycles. The van der Waals surface area contributed by atoms with Crippen molar-refractivity contribution < 1.29 is 9.21 Å². The molecule has 7 heteroatoms. The van der Waals surface area contributed by atoms with Crippen LogP contribution in [0.15, 0.2) is 16.7 Å². The maximum Gasteiger partial charge on any atom is 0.260 e. The van der Waals surface area contributed by atoms with E-state index in [1.807, 2.05) is 13.8 Å². The van der Waals surface area contributed by atoms with Gasteiger partial charge in [0, 0.05) is 4.88 Å². The molecule has 2 heterocycles. The molecule has 0 unspecified atom stereocenters. The Labute approximate surface area is 121 Å². The fourth-order valence-electron chi connectivity index (χ4n) is 1.59. The number of carbonyl (C=O) groups is 1. The van der Waals surface area contributed by atoms with Crippen molar-refractivity contribution in [2.45, 2.75) is 26.8 Å². The van der Waals surface area contributed by atoms with Gasteiger partial charge in [-0.3, -0.25) is 10.1 Å². The van der Waals surface area contributed by atoms with Gasteiger partial charge in [0.25, 0.3) is 5.91 Å². The lowest BCUT2D eigenvalue weighted by molar-refractivity contribution is 0.102.